The van der Waals surface area contributed by atoms with E-state index in [1.807, 2.05) is 30.3 Å². The molecule has 158 valence electrons. The predicted molar refractivity (Wildman–Crippen MR) is 124 cm³/mol. The molecular formula is C23H28BrCl2NO2. The standard InChI is InChI=1S/C23H28BrCl2NO2/c1-28-22-13-12-19(24)17(14-27-16-8-5-3-2-4-6-9-16)23(22)29-15-18-20(25)10-7-11-21(18)26/h7,10-13,16,27H,2-6,8-9,14-15H2,1H3. The SMILES string of the molecule is COc1ccc(Br)c(CNC2CCCCCCC2)c1OCc1c(Cl)cccc1Cl. The number of hydrogen-bond acceptors (Lipinski definition) is 3. The number of halogens is 3. The van der Waals surface area contributed by atoms with Gasteiger partial charge >= 0.3 is 0 Å². The molecule has 2 aromatic carbocycles. The summed E-state index contributed by atoms with van der Waals surface area (Å²) in [5.41, 5.74) is 1.83. The number of hydrogen-bond donors (Lipinski definition) is 1. The van der Waals surface area contributed by atoms with Crippen molar-refractivity contribution in [3.05, 3.63) is 56.0 Å². The van der Waals surface area contributed by atoms with Gasteiger partial charge < -0.3 is 14.8 Å². The molecule has 0 unspecified atom stereocenters. The first-order valence-corrected chi connectivity index (χ1v) is 11.8. The van der Waals surface area contributed by atoms with E-state index in [4.69, 9.17) is 32.7 Å². The molecule has 0 atom stereocenters. The Morgan fingerprint density at radius 3 is 2.28 bits per heavy atom. The van der Waals surface area contributed by atoms with Crippen molar-refractivity contribution in [1.82, 2.24) is 5.32 Å². The van der Waals surface area contributed by atoms with E-state index in [9.17, 15) is 0 Å². The van der Waals surface area contributed by atoms with Crippen molar-refractivity contribution >= 4 is 39.1 Å². The molecule has 1 fully saturated rings. The Hall–Kier alpha value is -0.940. The van der Waals surface area contributed by atoms with E-state index >= 15 is 0 Å². The van der Waals surface area contributed by atoms with Gasteiger partial charge in [0.1, 0.15) is 6.61 Å². The molecule has 2 aromatic rings. The molecule has 6 heteroatoms. The average molecular weight is 501 g/mol. The first kappa shape index (κ1) is 22.7. The zero-order valence-electron chi connectivity index (χ0n) is 16.8. The Morgan fingerprint density at radius 1 is 0.966 bits per heavy atom. The molecule has 0 spiro atoms. The molecule has 0 aliphatic heterocycles. The molecule has 0 bridgehead atoms. The summed E-state index contributed by atoms with van der Waals surface area (Å²) in [5.74, 6) is 1.42. The molecule has 0 amide bonds. The topological polar surface area (TPSA) is 30.5 Å². The molecular weight excluding hydrogens is 473 g/mol. The molecule has 0 radical (unpaired) electrons. The van der Waals surface area contributed by atoms with Crippen LogP contribution in [0.3, 0.4) is 0 Å². The third kappa shape index (κ3) is 6.27. The van der Waals surface area contributed by atoms with Crippen LogP contribution in [0.4, 0.5) is 0 Å². The highest BCUT2D eigenvalue weighted by molar-refractivity contribution is 9.10. The van der Waals surface area contributed by atoms with Crippen molar-refractivity contribution in [1.29, 1.82) is 0 Å². The van der Waals surface area contributed by atoms with Gasteiger partial charge in [0.05, 0.1) is 7.11 Å². The van der Waals surface area contributed by atoms with Crippen molar-refractivity contribution in [3.8, 4) is 11.5 Å². The fraction of sp³-hybridized carbons (Fsp3) is 0.478. The minimum atomic E-state index is 0.280. The number of rotatable bonds is 7. The van der Waals surface area contributed by atoms with Crippen molar-refractivity contribution in [2.75, 3.05) is 7.11 Å². The number of nitrogens with one attached hydrogen (secondary N) is 1. The van der Waals surface area contributed by atoms with Crippen LogP contribution in [-0.2, 0) is 13.2 Å². The number of methoxy groups -OCH3 is 1. The number of ether oxygens (including phenoxy) is 2. The van der Waals surface area contributed by atoms with E-state index in [2.05, 4.69) is 21.2 Å². The first-order valence-electron chi connectivity index (χ1n) is 10.2. The quantitative estimate of drug-likeness (QED) is 0.425. The van der Waals surface area contributed by atoms with E-state index < -0.39 is 0 Å². The van der Waals surface area contributed by atoms with Gasteiger partial charge in [0, 0.05) is 38.2 Å². The minimum absolute atomic E-state index is 0.280. The monoisotopic (exact) mass is 499 g/mol. The van der Waals surface area contributed by atoms with Gasteiger partial charge in [-0.1, -0.05) is 77.3 Å². The Bertz CT molecular complexity index is 787. The van der Waals surface area contributed by atoms with Crippen LogP contribution < -0.4 is 14.8 Å². The van der Waals surface area contributed by atoms with Crippen molar-refractivity contribution in [2.45, 2.75) is 64.1 Å². The lowest BCUT2D eigenvalue weighted by molar-refractivity contribution is 0.279. The van der Waals surface area contributed by atoms with E-state index in [0.29, 0.717) is 28.4 Å². The molecule has 3 rings (SSSR count). The van der Waals surface area contributed by atoms with Gasteiger partial charge in [0.15, 0.2) is 11.5 Å². The number of benzene rings is 2. The predicted octanol–water partition coefficient (Wildman–Crippen LogP) is 7.55. The summed E-state index contributed by atoms with van der Waals surface area (Å²) in [6, 6.07) is 9.93. The fourth-order valence-corrected chi connectivity index (χ4v) is 4.75. The molecule has 29 heavy (non-hydrogen) atoms. The molecule has 0 aromatic heterocycles. The molecule has 0 saturated heterocycles. The largest absolute Gasteiger partial charge is 0.493 e. The smallest absolute Gasteiger partial charge is 0.167 e. The van der Waals surface area contributed by atoms with Gasteiger partial charge in [-0.25, -0.2) is 0 Å². The van der Waals surface area contributed by atoms with Crippen molar-refractivity contribution in [3.63, 3.8) is 0 Å². The summed E-state index contributed by atoms with van der Waals surface area (Å²) >= 11 is 16.3. The van der Waals surface area contributed by atoms with E-state index in [1.165, 1.54) is 44.9 Å². The summed E-state index contributed by atoms with van der Waals surface area (Å²) in [6.45, 7) is 0.996. The van der Waals surface area contributed by atoms with Gasteiger partial charge in [-0.2, -0.15) is 0 Å². The van der Waals surface area contributed by atoms with Gasteiger partial charge in [-0.05, 0) is 37.1 Å². The van der Waals surface area contributed by atoms with E-state index in [0.717, 1.165) is 21.3 Å². The van der Waals surface area contributed by atoms with Crippen molar-refractivity contribution < 1.29 is 9.47 Å². The van der Waals surface area contributed by atoms with Crippen LogP contribution in [0.15, 0.2) is 34.8 Å². The highest BCUT2D eigenvalue weighted by Gasteiger charge is 2.18. The molecule has 1 saturated carbocycles. The van der Waals surface area contributed by atoms with E-state index in [1.54, 1.807) is 7.11 Å². The van der Waals surface area contributed by atoms with E-state index in [-0.39, 0.29) is 6.61 Å². The highest BCUT2D eigenvalue weighted by Crippen LogP contribution is 2.38. The molecule has 1 aliphatic rings. The lowest BCUT2D eigenvalue weighted by atomic mass is 9.96. The Morgan fingerprint density at radius 2 is 1.62 bits per heavy atom. The van der Waals surface area contributed by atoms with Gasteiger partial charge in [0.25, 0.3) is 0 Å². The maximum atomic E-state index is 6.31. The summed E-state index contributed by atoms with van der Waals surface area (Å²) in [6.07, 6.45) is 9.11. The lowest BCUT2D eigenvalue weighted by Crippen LogP contribution is -2.29. The Labute approximate surface area is 192 Å². The van der Waals surface area contributed by atoms with Crippen LogP contribution in [0.2, 0.25) is 10.0 Å². The maximum Gasteiger partial charge on any atom is 0.167 e. The normalized spacial score (nSPS) is 15.6. The Balaban J connectivity index is 1.77. The summed E-state index contributed by atoms with van der Waals surface area (Å²) in [7, 11) is 1.66. The second kappa shape index (κ2) is 11.5. The second-order valence-corrected chi connectivity index (χ2v) is 9.14. The highest BCUT2D eigenvalue weighted by atomic mass is 79.9. The molecule has 1 aliphatic carbocycles. The Kier molecular flexibility index (Phi) is 8.98. The lowest BCUT2D eigenvalue weighted by Gasteiger charge is -2.23. The van der Waals surface area contributed by atoms with Crippen molar-refractivity contribution in [2.24, 2.45) is 0 Å². The van der Waals surface area contributed by atoms with Gasteiger partial charge in [0.2, 0.25) is 0 Å². The zero-order chi connectivity index (χ0) is 20.6. The summed E-state index contributed by atoms with van der Waals surface area (Å²) in [4.78, 5) is 0. The fourth-order valence-electron chi connectivity index (χ4n) is 3.79. The first-order chi connectivity index (χ1) is 14.1. The minimum Gasteiger partial charge on any atom is -0.493 e. The second-order valence-electron chi connectivity index (χ2n) is 7.47. The molecule has 1 N–H and O–H groups in total. The maximum absolute atomic E-state index is 6.31. The van der Waals surface area contributed by atoms with Crippen LogP contribution in [0.5, 0.6) is 11.5 Å². The third-order valence-corrected chi connectivity index (χ3v) is 6.93. The van der Waals surface area contributed by atoms with Gasteiger partial charge in [-0.3, -0.25) is 0 Å². The van der Waals surface area contributed by atoms with Crippen LogP contribution >= 0.6 is 39.1 Å². The van der Waals surface area contributed by atoms with Crippen LogP contribution in [0.25, 0.3) is 0 Å². The van der Waals surface area contributed by atoms with Crippen LogP contribution in [-0.4, -0.2) is 13.2 Å². The zero-order valence-corrected chi connectivity index (χ0v) is 19.9. The van der Waals surface area contributed by atoms with Crippen LogP contribution in [0.1, 0.15) is 56.1 Å². The van der Waals surface area contributed by atoms with Gasteiger partial charge in [-0.15, -0.1) is 0 Å². The third-order valence-electron chi connectivity index (χ3n) is 5.48. The average Bonchev–Trinajstić information content (AvgIpc) is 2.68. The molecule has 0 heterocycles. The summed E-state index contributed by atoms with van der Waals surface area (Å²) in [5, 5.41) is 4.94. The summed E-state index contributed by atoms with van der Waals surface area (Å²) < 4.78 is 12.8. The molecule has 3 nitrogen and oxygen atoms in total. The van der Waals surface area contributed by atoms with Crippen LogP contribution in [0, 0.1) is 0 Å².